The molecule has 0 amide bonds. The zero-order valence-electron chi connectivity index (χ0n) is 16.5. The lowest BCUT2D eigenvalue weighted by Gasteiger charge is -2.39. The van der Waals surface area contributed by atoms with E-state index < -0.39 is 6.17 Å². The molecule has 1 saturated heterocycles. The Balaban J connectivity index is 1.40. The fraction of sp³-hybridized carbons (Fsp3) is 0.350. The number of pyridine rings is 1. The number of H-pyrrole nitrogens is 1. The molecule has 154 valence electrons. The van der Waals surface area contributed by atoms with Gasteiger partial charge in [-0.1, -0.05) is 30.1 Å². The van der Waals surface area contributed by atoms with Gasteiger partial charge in [0.25, 0.3) is 0 Å². The molecule has 0 aliphatic carbocycles. The van der Waals surface area contributed by atoms with Crippen molar-refractivity contribution in [2.75, 3.05) is 0 Å². The first-order valence-electron chi connectivity index (χ1n) is 9.59. The van der Waals surface area contributed by atoms with Gasteiger partial charge in [0.15, 0.2) is 16.3 Å². The highest BCUT2D eigenvalue weighted by molar-refractivity contribution is 7.15. The second-order valence-electron chi connectivity index (χ2n) is 8.01. The van der Waals surface area contributed by atoms with Crippen molar-refractivity contribution in [1.82, 2.24) is 35.5 Å². The third-order valence-electron chi connectivity index (χ3n) is 5.64. The third-order valence-corrected chi connectivity index (χ3v) is 6.67. The number of fused-ring (bicyclic) bond motifs is 2. The summed E-state index contributed by atoms with van der Waals surface area (Å²) in [6.45, 7) is 7.99. The van der Waals surface area contributed by atoms with Crippen LogP contribution in [0.5, 0.6) is 0 Å². The number of alkyl halides is 1. The van der Waals surface area contributed by atoms with Crippen molar-refractivity contribution in [3.8, 4) is 16.4 Å². The summed E-state index contributed by atoms with van der Waals surface area (Å²) < 4.78 is 15.0. The van der Waals surface area contributed by atoms with Crippen molar-refractivity contribution < 1.29 is 4.39 Å². The Bertz CT molecular complexity index is 1230. The van der Waals surface area contributed by atoms with E-state index >= 15 is 0 Å². The fourth-order valence-corrected chi connectivity index (χ4v) is 4.96. The number of nitrogens with zero attached hydrogens (tertiary/aromatic N) is 5. The van der Waals surface area contributed by atoms with Crippen molar-refractivity contribution in [2.45, 2.75) is 38.0 Å². The van der Waals surface area contributed by atoms with Gasteiger partial charge in [-0.05, 0) is 25.8 Å². The Hall–Kier alpha value is -2.98. The Labute approximate surface area is 175 Å². The summed E-state index contributed by atoms with van der Waals surface area (Å²) in [5.41, 5.74) is 1.29. The van der Waals surface area contributed by atoms with Gasteiger partial charge in [0.2, 0.25) is 0 Å². The molecule has 0 saturated carbocycles. The SMILES string of the molecule is C=C(c1nnc(-c2c[nH]c(-n3ncc(C)n3)cc2=O)s1)[C@H]1C[C@]2(C)C=C[C@@H](N2)[C@@H]1F. The molecule has 2 aliphatic rings. The molecule has 30 heavy (non-hydrogen) atoms. The van der Waals surface area contributed by atoms with Gasteiger partial charge in [-0.2, -0.15) is 10.2 Å². The van der Waals surface area contributed by atoms with Crippen molar-refractivity contribution in [1.29, 1.82) is 0 Å². The van der Waals surface area contributed by atoms with E-state index in [0.29, 0.717) is 33.4 Å². The molecule has 0 spiro atoms. The first kappa shape index (κ1) is 19.0. The highest BCUT2D eigenvalue weighted by Gasteiger charge is 2.46. The quantitative estimate of drug-likeness (QED) is 0.623. The van der Waals surface area contributed by atoms with Gasteiger partial charge < -0.3 is 4.98 Å². The summed E-state index contributed by atoms with van der Waals surface area (Å²) in [7, 11) is 0. The van der Waals surface area contributed by atoms with Gasteiger partial charge in [-0.25, -0.2) is 4.39 Å². The van der Waals surface area contributed by atoms with Crippen LogP contribution in [0.15, 0.2) is 42.0 Å². The first-order chi connectivity index (χ1) is 14.3. The van der Waals surface area contributed by atoms with Crippen LogP contribution >= 0.6 is 11.3 Å². The zero-order valence-corrected chi connectivity index (χ0v) is 17.3. The Kier molecular flexibility index (Phi) is 4.30. The number of piperidine rings is 1. The Morgan fingerprint density at radius 3 is 3.00 bits per heavy atom. The summed E-state index contributed by atoms with van der Waals surface area (Å²) in [5.74, 6) is 0.101. The number of allylic oxidation sites excluding steroid dienone is 1. The average Bonchev–Trinajstić information content (AvgIpc) is 3.44. The fourth-order valence-electron chi connectivity index (χ4n) is 4.06. The van der Waals surface area contributed by atoms with Crippen LogP contribution in [0.4, 0.5) is 4.39 Å². The number of aromatic amines is 1. The third kappa shape index (κ3) is 3.12. The number of hydrogen-bond donors (Lipinski definition) is 2. The number of nitrogens with one attached hydrogen (secondary N) is 2. The second-order valence-corrected chi connectivity index (χ2v) is 8.99. The summed E-state index contributed by atoms with van der Waals surface area (Å²) in [6.07, 6.45) is 6.61. The maximum atomic E-state index is 15.0. The minimum atomic E-state index is -1.08. The van der Waals surface area contributed by atoms with Gasteiger partial charge in [0.05, 0.1) is 23.5 Å². The molecule has 4 atom stereocenters. The molecule has 8 nitrogen and oxygen atoms in total. The van der Waals surface area contributed by atoms with Crippen LogP contribution in [0, 0.1) is 12.8 Å². The molecule has 0 aromatic carbocycles. The maximum Gasteiger partial charge on any atom is 0.194 e. The summed E-state index contributed by atoms with van der Waals surface area (Å²) >= 11 is 1.24. The van der Waals surface area contributed by atoms with E-state index in [1.165, 1.54) is 22.2 Å². The Morgan fingerprint density at radius 1 is 1.43 bits per heavy atom. The topological polar surface area (TPSA) is 101 Å². The van der Waals surface area contributed by atoms with Crippen molar-refractivity contribution in [3.05, 3.63) is 58.1 Å². The van der Waals surface area contributed by atoms with E-state index in [4.69, 9.17) is 0 Å². The van der Waals surface area contributed by atoms with E-state index in [1.807, 2.05) is 19.1 Å². The minimum absolute atomic E-state index is 0.230. The molecule has 5 heterocycles. The highest BCUT2D eigenvalue weighted by atomic mass is 32.1. The molecule has 0 radical (unpaired) electrons. The normalized spacial score (nSPS) is 27.5. The highest BCUT2D eigenvalue weighted by Crippen LogP contribution is 2.42. The van der Waals surface area contributed by atoms with Gasteiger partial charge >= 0.3 is 0 Å². The number of aromatic nitrogens is 6. The van der Waals surface area contributed by atoms with Crippen molar-refractivity contribution in [2.24, 2.45) is 5.92 Å². The van der Waals surface area contributed by atoms with E-state index in [9.17, 15) is 9.18 Å². The predicted molar refractivity (Wildman–Crippen MR) is 112 cm³/mol. The van der Waals surface area contributed by atoms with Crippen LogP contribution in [-0.4, -0.2) is 47.9 Å². The molecule has 5 rings (SSSR count). The van der Waals surface area contributed by atoms with Gasteiger partial charge in [-0.15, -0.1) is 15.0 Å². The smallest absolute Gasteiger partial charge is 0.194 e. The van der Waals surface area contributed by atoms with E-state index in [0.717, 1.165) is 5.69 Å². The number of halogens is 1. The van der Waals surface area contributed by atoms with Crippen LogP contribution in [0.1, 0.15) is 24.0 Å². The maximum absolute atomic E-state index is 15.0. The van der Waals surface area contributed by atoms with E-state index in [1.54, 1.807) is 12.4 Å². The molecular weight excluding hydrogens is 405 g/mol. The molecule has 2 aliphatic heterocycles. The van der Waals surface area contributed by atoms with Crippen LogP contribution in [0.2, 0.25) is 0 Å². The number of hydrogen-bond acceptors (Lipinski definition) is 7. The lowest BCUT2D eigenvalue weighted by molar-refractivity contribution is 0.146. The first-order valence-corrected chi connectivity index (χ1v) is 10.4. The molecule has 3 aromatic rings. The molecule has 10 heteroatoms. The predicted octanol–water partition coefficient (Wildman–Crippen LogP) is 2.44. The standard InChI is InChI=1S/C20H20FN7OS/c1-10-8-23-28(27-10)16-6-15(29)13(9-22-16)19-26-25-18(30-19)11(2)12-7-20(3)5-4-14(24-20)17(12)21/h4-6,8-9,12,14,17,24H,2,7H2,1,3H3,(H,22,29)/t12-,14-,17-,20+/m1/s1. The molecule has 0 unspecified atom stereocenters. The lowest BCUT2D eigenvalue weighted by atomic mass is 9.79. The largest absolute Gasteiger partial charge is 0.344 e. The summed E-state index contributed by atoms with van der Waals surface area (Å²) in [4.78, 5) is 17.0. The molecule has 2 bridgehead atoms. The minimum Gasteiger partial charge on any atom is -0.344 e. The van der Waals surface area contributed by atoms with Crippen molar-refractivity contribution in [3.63, 3.8) is 0 Å². The summed E-state index contributed by atoms with van der Waals surface area (Å²) in [5, 5.41) is 20.9. The van der Waals surface area contributed by atoms with Crippen LogP contribution in [-0.2, 0) is 0 Å². The van der Waals surface area contributed by atoms with Crippen molar-refractivity contribution >= 4 is 16.9 Å². The molecular formula is C20H20FN7OS. The van der Waals surface area contributed by atoms with Crippen LogP contribution in [0.3, 0.4) is 0 Å². The molecule has 3 aromatic heterocycles. The second kappa shape index (κ2) is 6.78. The lowest BCUT2D eigenvalue weighted by Crippen LogP contribution is -2.54. The summed E-state index contributed by atoms with van der Waals surface area (Å²) in [6, 6.07) is 1.10. The average molecular weight is 425 g/mol. The van der Waals surface area contributed by atoms with Crippen LogP contribution < -0.4 is 10.7 Å². The number of aryl methyl sites for hydroxylation is 1. The van der Waals surface area contributed by atoms with Gasteiger partial charge in [0.1, 0.15) is 11.2 Å². The number of rotatable bonds is 4. The zero-order chi connectivity index (χ0) is 21.0. The molecule has 2 N–H and O–H groups in total. The van der Waals surface area contributed by atoms with Crippen LogP contribution in [0.25, 0.3) is 22.0 Å². The molecule has 1 fully saturated rings. The monoisotopic (exact) mass is 425 g/mol. The van der Waals surface area contributed by atoms with E-state index in [2.05, 4.69) is 44.2 Å². The van der Waals surface area contributed by atoms with E-state index in [-0.39, 0.29) is 22.9 Å². The van der Waals surface area contributed by atoms with Gasteiger partial charge in [0, 0.05) is 23.7 Å². The Morgan fingerprint density at radius 2 is 2.27 bits per heavy atom. The van der Waals surface area contributed by atoms with Gasteiger partial charge in [-0.3, -0.25) is 10.1 Å².